The number of fused-ring (bicyclic) bond motifs is 1. The summed E-state index contributed by atoms with van der Waals surface area (Å²) in [6.45, 7) is 2.34. The van der Waals surface area contributed by atoms with Crippen molar-refractivity contribution in [1.29, 1.82) is 0 Å². The van der Waals surface area contributed by atoms with E-state index in [0.717, 1.165) is 15.7 Å². The molecule has 0 aliphatic heterocycles. The fourth-order valence-electron chi connectivity index (χ4n) is 3.06. The molecule has 1 aromatic heterocycles. The van der Waals surface area contributed by atoms with Gasteiger partial charge in [0.1, 0.15) is 5.75 Å². The van der Waals surface area contributed by atoms with Crippen molar-refractivity contribution in [2.75, 3.05) is 7.11 Å². The van der Waals surface area contributed by atoms with E-state index < -0.39 is 0 Å². The van der Waals surface area contributed by atoms with Gasteiger partial charge < -0.3 is 4.74 Å². The summed E-state index contributed by atoms with van der Waals surface area (Å²) < 4.78 is 8.48. The van der Waals surface area contributed by atoms with E-state index in [4.69, 9.17) is 9.84 Å². The van der Waals surface area contributed by atoms with Crippen LogP contribution in [0.5, 0.6) is 5.75 Å². The summed E-state index contributed by atoms with van der Waals surface area (Å²) >= 11 is 3.53. The predicted octanol–water partition coefficient (Wildman–Crippen LogP) is 4.56. The molecule has 0 amide bonds. The van der Waals surface area contributed by atoms with Gasteiger partial charge >= 0.3 is 0 Å². The largest absolute Gasteiger partial charge is 0.495 e. The molecule has 0 spiro atoms. The molecule has 3 rings (SSSR count). The van der Waals surface area contributed by atoms with Crippen molar-refractivity contribution in [2.45, 2.75) is 38.6 Å². The Morgan fingerprint density at radius 1 is 1.32 bits per heavy atom. The third-order valence-corrected chi connectivity index (χ3v) is 4.82. The summed E-state index contributed by atoms with van der Waals surface area (Å²) in [7, 11) is 1.69. The maximum atomic E-state index is 5.33. The zero-order valence-corrected chi connectivity index (χ0v) is 13.0. The molecule has 1 aliphatic carbocycles. The highest BCUT2D eigenvalue weighted by Gasteiger charge is 2.23. The van der Waals surface area contributed by atoms with Gasteiger partial charge in [0, 0.05) is 17.6 Å². The van der Waals surface area contributed by atoms with Crippen molar-refractivity contribution in [2.24, 2.45) is 5.92 Å². The molecule has 0 bridgehead atoms. The summed E-state index contributed by atoms with van der Waals surface area (Å²) in [4.78, 5) is 0. The molecule has 1 aromatic carbocycles. The van der Waals surface area contributed by atoms with Crippen LogP contribution in [0.15, 0.2) is 22.8 Å². The molecule has 2 aromatic rings. The monoisotopic (exact) mass is 322 g/mol. The van der Waals surface area contributed by atoms with Crippen LogP contribution in [0, 0.1) is 5.92 Å². The minimum atomic E-state index is 0.547. The zero-order valence-electron chi connectivity index (χ0n) is 11.4. The third kappa shape index (κ3) is 2.38. The summed E-state index contributed by atoms with van der Waals surface area (Å²) in [5.41, 5.74) is 1.01. The molecule has 0 radical (unpaired) electrons. The lowest BCUT2D eigenvalue weighted by Gasteiger charge is -2.28. The lowest BCUT2D eigenvalue weighted by Crippen LogP contribution is -2.21. The molecule has 1 aliphatic rings. The molecule has 4 heteroatoms. The van der Waals surface area contributed by atoms with Crippen molar-refractivity contribution in [3.8, 4) is 5.75 Å². The average Bonchev–Trinajstić information content (AvgIpc) is 2.80. The van der Waals surface area contributed by atoms with E-state index in [1.807, 2.05) is 6.07 Å². The Morgan fingerprint density at radius 2 is 2.11 bits per heavy atom. The first-order valence-corrected chi connectivity index (χ1v) is 7.70. The first-order chi connectivity index (χ1) is 9.19. The van der Waals surface area contributed by atoms with E-state index in [-0.39, 0.29) is 0 Å². The van der Waals surface area contributed by atoms with Crippen molar-refractivity contribution in [1.82, 2.24) is 9.78 Å². The standard InChI is InChI=1S/C15H19BrN2O/c1-10-5-3-4-6-14(10)18-9-11-7-12(16)15(19-2)8-13(11)17-18/h7-10,14H,3-6H2,1-2H3. The van der Waals surface area contributed by atoms with Crippen LogP contribution in [0.3, 0.4) is 0 Å². The Labute approximate surface area is 122 Å². The Kier molecular flexibility index (Phi) is 3.52. The first-order valence-electron chi connectivity index (χ1n) is 6.91. The highest BCUT2D eigenvalue weighted by molar-refractivity contribution is 9.10. The van der Waals surface area contributed by atoms with Crippen LogP contribution in [-0.4, -0.2) is 16.9 Å². The van der Waals surface area contributed by atoms with Gasteiger partial charge in [-0.25, -0.2) is 0 Å². The Hall–Kier alpha value is -1.03. The molecule has 1 fully saturated rings. The van der Waals surface area contributed by atoms with Crippen LogP contribution >= 0.6 is 15.9 Å². The number of hydrogen-bond donors (Lipinski definition) is 0. The number of aromatic nitrogens is 2. The zero-order chi connectivity index (χ0) is 13.4. The van der Waals surface area contributed by atoms with Gasteiger partial charge in [-0.1, -0.05) is 19.8 Å². The van der Waals surface area contributed by atoms with Gasteiger partial charge in [-0.15, -0.1) is 0 Å². The number of hydrogen-bond acceptors (Lipinski definition) is 2. The minimum absolute atomic E-state index is 0.547. The van der Waals surface area contributed by atoms with Crippen LogP contribution < -0.4 is 4.74 Å². The highest BCUT2D eigenvalue weighted by Crippen LogP contribution is 2.35. The molecule has 19 heavy (non-hydrogen) atoms. The van der Waals surface area contributed by atoms with Gasteiger partial charge in [0.05, 0.1) is 23.1 Å². The van der Waals surface area contributed by atoms with Crippen molar-refractivity contribution >= 4 is 26.8 Å². The van der Waals surface area contributed by atoms with E-state index in [2.05, 4.69) is 39.8 Å². The van der Waals surface area contributed by atoms with Gasteiger partial charge in [-0.3, -0.25) is 4.68 Å². The van der Waals surface area contributed by atoms with Gasteiger partial charge in [-0.2, -0.15) is 5.10 Å². The first kappa shape index (κ1) is 13.0. The van der Waals surface area contributed by atoms with Crippen LogP contribution in [-0.2, 0) is 0 Å². The van der Waals surface area contributed by atoms with Gasteiger partial charge in [0.15, 0.2) is 0 Å². The predicted molar refractivity (Wildman–Crippen MR) is 80.7 cm³/mol. The quantitative estimate of drug-likeness (QED) is 0.810. The lowest BCUT2D eigenvalue weighted by molar-refractivity contribution is 0.241. The van der Waals surface area contributed by atoms with Crippen molar-refractivity contribution < 1.29 is 4.74 Å². The molecule has 1 heterocycles. The van der Waals surface area contributed by atoms with E-state index >= 15 is 0 Å². The van der Waals surface area contributed by atoms with E-state index in [0.29, 0.717) is 12.0 Å². The van der Waals surface area contributed by atoms with Gasteiger partial charge in [0.2, 0.25) is 0 Å². The Balaban J connectivity index is 2.01. The molecule has 3 nitrogen and oxygen atoms in total. The maximum absolute atomic E-state index is 5.33. The highest BCUT2D eigenvalue weighted by atomic mass is 79.9. The Morgan fingerprint density at radius 3 is 2.84 bits per heavy atom. The molecular formula is C15H19BrN2O. The maximum Gasteiger partial charge on any atom is 0.135 e. The average molecular weight is 323 g/mol. The number of ether oxygens (including phenoxy) is 1. The Bertz CT molecular complexity index is 593. The lowest BCUT2D eigenvalue weighted by atomic mass is 9.86. The molecular weight excluding hydrogens is 304 g/mol. The molecule has 2 unspecified atom stereocenters. The summed E-state index contributed by atoms with van der Waals surface area (Å²) in [5.74, 6) is 1.56. The second-order valence-electron chi connectivity index (χ2n) is 5.48. The normalized spacial score (nSPS) is 23.7. The number of methoxy groups -OCH3 is 1. The minimum Gasteiger partial charge on any atom is -0.495 e. The second kappa shape index (κ2) is 5.16. The smallest absolute Gasteiger partial charge is 0.135 e. The topological polar surface area (TPSA) is 27.1 Å². The number of halogens is 1. The molecule has 0 N–H and O–H groups in total. The van der Waals surface area contributed by atoms with Crippen LogP contribution in [0.4, 0.5) is 0 Å². The van der Waals surface area contributed by atoms with Crippen LogP contribution in [0.25, 0.3) is 10.9 Å². The van der Waals surface area contributed by atoms with Crippen molar-refractivity contribution in [3.63, 3.8) is 0 Å². The number of rotatable bonds is 2. The van der Waals surface area contributed by atoms with E-state index in [1.54, 1.807) is 7.11 Å². The SMILES string of the molecule is COc1cc2nn(C3CCCCC3C)cc2cc1Br. The molecule has 2 atom stereocenters. The fourth-order valence-corrected chi connectivity index (χ4v) is 3.58. The summed E-state index contributed by atoms with van der Waals surface area (Å²) in [6.07, 6.45) is 7.41. The van der Waals surface area contributed by atoms with E-state index in [1.165, 1.54) is 31.1 Å². The van der Waals surface area contributed by atoms with Crippen LogP contribution in [0.2, 0.25) is 0 Å². The molecule has 1 saturated carbocycles. The van der Waals surface area contributed by atoms with Crippen LogP contribution in [0.1, 0.15) is 38.6 Å². The van der Waals surface area contributed by atoms with E-state index in [9.17, 15) is 0 Å². The second-order valence-corrected chi connectivity index (χ2v) is 6.34. The molecule has 102 valence electrons. The van der Waals surface area contributed by atoms with Gasteiger partial charge in [0.25, 0.3) is 0 Å². The summed E-state index contributed by atoms with van der Waals surface area (Å²) in [5, 5.41) is 5.92. The third-order valence-electron chi connectivity index (χ3n) is 4.20. The van der Waals surface area contributed by atoms with Crippen molar-refractivity contribution in [3.05, 3.63) is 22.8 Å². The summed E-state index contributed by atoms with van der Waals surface area (Å²) in [6, 6.07) is 4.64. The molecule has 0 saturated heterocycles. The van der Waals surface area contributed by atoms with Gasteiger partial charge in [-0.05, 0) is 40.8 Å². The number of nitrogens with zero attached hydrogens (tertiary/aromatic N) is 2. The fraction of sp³-hybridized carbons (Fsp3) is 0.533. The number of benzene rings is 1.